The van der Waals surface area contributed by atoms with Crippen LogP contribution in [-0.4, -0.2) is 15.0 Å². The number of hydrogen-bond acceptors (Lipinski definition) is 3. The molecule has 0 amide bonds. The molecule has 0 radical (unpaired) electrons. The number of halogens is 1. The second-order valence-electron chi connectivity index (χ2n) is 2.75. The van der Waals surface area contributed by atoms with Crippen LogP contribution in [0.5, 0.6) is 0 Å². The molecule has 0 aliphatic carbocycles. The fourth-order valence-corrected chi connectivity index (χ4v) is 2.10. The van der Waals surface area contributed by atoms with Crippen molar-refractivity contribution in [1.82, 2.24) is 4.72 Å². The minimum atomic E-state index is -3.49. The number of hydrogen-bond donors (Lipinski definition) is 1. The van der Waals surface area contributed by atoms with Crippen LogP contribution in [0.4, 0.5) is 0 Å². The Morgan fingerprint density at radius 2 is 2.21 bits per heavy atom. The van der Waals surface area contributed by atoms with Gasteiger partial charge in [0.25, 0.3) is 10.0 Å². The smallest absolute Gasteiger partial charge is 0.273 e. The Morgan fingerprint density at radius 3 is 2.71 bits per heavy atom. The summed E-state index contributed by atoms with van der Waals surface area (Å²) in [5.74, 6) is 0.618. The summed E-state index contributed by atoms with van der Waals surface area (Å²) in [5.41, 5.74) is 0. The molecule has 0 aromatic carbocycles. The van der Waals surface area contributed by atoms with Crippen molar-refractivity contribution in [2.45, 2.75) is 24.3 Å². The Kier molecular flexibility index (Phi) is 3.97. The predicted octanol–water partition coefficient (Wildman–Crippen LogP) is 1.71. The van der Waals surface area contributed by atoms with Gasteiger partial charge in [0.2, 0.25) is 5.09 Å². The van der Waals surface area contributed by atoms with Crippen LogP contribution >= 0.6 is 11.6 Å². The molecule has 0 spiro atoms. The number of nitrogens with one attached hydrogen (secondary N) is 1. The molecule has 1 aromatic heterocycles. The predicted molar refractivity (Wildman–Crippen MR) is 53.7 cm³/mol. The van der Waals surface area contributed by atoms with Gasteiger partial charge in [0.1, 0.15) is 5.76 Å². The third-order valence-corrected chi connectivity index (χ3v) is 3.17. The maximum atomic E-state index is 11.5. The highest BCUT2D eigenvalue weighted by Gasteiger charge is 2.17. The molecule has 4 nitrogen and oxygen atoms in total. The third kappa shape index (κ3) is 2.73. The molecule has 0 atom stereocenters. The molecule has 1 aromatic rings. The van der Waals surface area contributed by atoms with Crippen molar-refractivity contribution in [2.24, 2.45) is 0 Å². The summed E-state index contributed by atoms with van der Waals surface area (Å²) in [5, 5.41) is -0.0819. The van der Waals surface area contributed by atoms with Crippen LogP contribution in [0.2, 0.25) is 0 Å². The van der Waals surface area contributed by atoms with Crippen molar-refractivity contribution in [1.29, 1.82) is 0 Å². The molecule has 0 saturated carbocycles. The first-order chi connectivity index (χ1) is 6.60. The second-order valence-corrected chi connectivity index (χ2v) is 4.72. The molecule has 0 fully saturated rings. The van der Waals surface area contributed by atoms with Crippen LogP contribution in [0.15, 0.2) is 21.6 Å². The largest absolute Gasteiger partial charge is 0.447 e. The van der Waals surface area contributed by atoms with E-state index in [1.165, 1.54) is 6.07 Å². The van der Waals surface area contributed by atoms with Gasteiger partial charge in [-0.2, -0.15) is 0 Å². The lowest BCUT2D eigenvalue weighted by molar-refractivity contribution is 0.422. The Balaban J connectivity index is 2.81. The van der Waals surface area contributed by atoms with Gasteiger partial charge in [0, 0.05) is 6.54 Å². The highest BCUT2D eigenvalue weighted by atomic mass is 35.5. The van der Waals surface area contributed by atoms with Gasteiger partial charge in [0.15, 0.2) is 0 Å². The van der Waals surface area contributed by atoms with E-state index in [0.717, 1.165) is 6.42 Å². The van der Waals surface area contributed by atoms with Gasteiger partial charge in [-0.15, -0.1) is 11.6 Å². The number of alkyl halides is 1. The maximum absolute atomic E-state index is 11.5. The molecule has 1 rings (SSSR count). The lowest BCUT2D eigenvalue weighted by Gasteiger charge is -2.00. The van der Waals surface area contributed by atoms with E-state index in [9.17, 15) is 8.42 Å². The first-order valence-corrected chi connectivity index (χ1v) is 6.26. The number of rotatable bonds is 5. The quantitative estimate of drug-likeness (QED) is 0.793. The van der Waals surface area contributed by atoms with Crippen LogP contribution in [0, 0.1) is 0 Å². The Hall–Kier alpha value is -0.520. The average Bonchev–Trinajstić information content (AvgIpc) is 2.63. The van der Waals surface area contributed by atoms with E-state index in [-0.39, 0.29) is 11.0 Å². The van der Waals surface area contributed by atoms with E-state index < -0.39 is 10.0 Å². The first kappa shape index (κ1) is 11.6. The van der Waals surface area contributed by atoms with Gasteiger partial charge in [0.05, 0.1) is 5.88 Å². The molecule has 14 heavy (non-hydrogen) atoms. The minimum absolute atomic E-state index is 0.0819. The molecule has 80 valence electrons. The van der Waals surface area contributed by atoms with Crippen LogP contribution in [-0.2, 0) is 15.9 Å². The number of sulfonamides is 1. The van der Waals surface area contributed by atoms with Crippen molar-refractivity contribution < 1.29 is 12.8 Å². The van der Waals surface area contributed by atoms with Crippen LogP contribution in [0.1, 0.15) is 19.1 Å². The van der Waals surface area contributed by atoms with E-state index in [1.54, 1.807) is 6.07 Å². The van der Waals surface area contributed by atoms with E-state index in [1.807, 2.05) is 6.92 Å². The zero-order chi connectivity index (χ0) is 10.6. The summed E-state index contributed by atoms with van der Waals surface area (Å²) < 4.78 is 30.4. The van der Waals surface area contributed by atoms with Crippen LogP contribution < -0.4 is 4.72 Å². The first-order valence-electron chi connectivity index (χ1n) is 4.24. The molecule has 1 N–H and O–H groups in total. The van der Waals surface area contributed by atoms with Gasteiger partial charge in [-0.25, -0.2) is 13.1 Å². The normalized spacial score (nSPS) is 11.9. The lowest BCUT2D eigenvalue weighted by atomic mass is 10.5. The van der Waals surface area contributed by atoms with E-state index >= 15 is 0 Å². The summed E-state index contributed by atoms with van der Waals surface area (Å²) in [6, 6.07) is 2.95. The average molecular weight is 238 g/mol. The molecular formula is C8H12ClNO3S. The van der Waals surface area contributed by atoms with Gasteiger partial charge < -0.3 is 4.42 Å². The third-order valence-electron chi connectivity index (χ3n) is 1.58. The summed E-state index contributed by atoms with van der Waals surface area (Å²) in [7, 11) is -3.49. The van der Waals surface area contributed by atoms with Gasteiger partial charge in [-0.05, 0) is 18.6 Å². The van der Waals surface area contributed by atoms with Crippen molar-refractivity contribution >= 4 is 21.6 Å². The van der Waals surface area contributed by atoms with Crippen molar-refractivity contribution in [3.05, 3.63) is 17.9 Å². The Bertz CT molecular complexity index is 385. The van der Waals surface area contributed by atoms with Crippen LogP contribution in [0.3, 0.4) is 0 Å². The monoisotopic (exact) mass is 237 g/mol. The highest BCUT2D eigenvalue weighted by Crippen LogP contribution is 2.14. The van der Waals surface area contributed by atoms with Crippen molar-refractivity contribution in [3.8, 4) is 0 Å². The molecule has 1 heterocycles. The van der Waals surface area contributed by atoms with Crippen molar-refractivity contribution in [2.75, 3.05) is 6.54 Å². The van der Waals surface area contributed by atoms with Gasteiger partial charge in [-0.3, -0.25) is 0 Å². The topological polar surface area (TPSA) is 59.3 Å². The molecule has 0 bridgehead atoms. The van der Waals surface area contributed by atoms with Crippen LogP contribution in [0.25, 0.3) is 0 Å². The zero-order valence-electron chi connectivity index (χ0n) is 7.79. The minimum Gasteiger partial charge on any atom is -0.447 e. The fraction of sp³-hybridized carbons (Fsp3) is 0.500. The van der Waals surface area contributed by atoms with E-state index in [0.29, 0.717) is 12.3 Å². The second kappa shape index (κ2) is 4.82. The Labute approximate surface area is 88.3 Å². The molecule has 6 heteroatoms. The van der Waals surface area contributed by atoms with Crippen molar-refractivity contribution in [3.63, 3.8) is 0 Å². The van der Waals surface area contributed by atoms with E-state index in [4.69, 9.17) is 16.0 Å². The maximum Gasteiger partial charge on any atom is 0.273 e. The standard InChI is InChI=1S/C8H12ClNO3S/c1-2-5-10-14(11,12)8-4-3-7(6-9)13-8/h3-4,10H,2,5-6H2,1H3. The summed E-state index contributed by atoms with van der Waals surface area (Å²) >= 11 is 5.49. The zero-order valence-corrected chi connectivity index (χ0v) is 9.36. The number of furan rings is 1. The Morgan fingerprint density at radius 1 is 1.50 bits per heavy atom. The molecular weight excluding hydrogens is 226 g/mol. The summed E-state index contributed by atoms with van der Waals surface area (Å²) in [4.78, 5) is 0. The van der Waals surface area contributed by atoms with E-state index in [2.05, 4.69) is 4.72 Å². The summed E-state index contributed by atoms with van der Waals surface area (Å²) in [6.07, 6.45) is 0.738. The molecule has 0 aliphatic heterocycles. The van der Waals surface area contributed by atoms with Gasteiger partial charge >= 0.3 is 0 Å². The fourth-order valence-electron chi connectivity index (χ4n) is 0.882. The lowest BCUT2D eigenvalue weighted by Crippen LogP contribution is -2.23. The van der Waals surface area contributed by atoms with Gasteiger partial charge in [-0.1, -0.05) is 6.92 Å². The molecule has 0 unspecified atom stereocenters. The highest BCUT2D eigenvalue weighted by molar-refractivity contribution is 7.89. The SMILES string of the molecule is CCCNS(=O)(=O)c1ccc(CCl)o1. The molecule has 0 saturated heterocycles. The molecule has 0 aliphatic rings. The summed E-state index contributed by atoms with van der Waals surface area (Å²) in [6.45, 7) is 2.29.